The van der Waals surface area contributed by atoms with Crippen molar-refractivity contribution in [1.82, 2.24) is 10.2 Å². The Labute approximate surface area is 105 Å². The third-order valence-electron chi connectivity index (χ3n) is 2.94. The van der Waals surface area contributed by atoms with Crippen LogP contribution in [0.1, 0.15) is 17.3 Å². The van der Waals surface area contributed by atoms with Gasteiger partial charge in [-0.15, -0.1) is 0 Å². The summed E-state index contributed by atoms with van der Waals surface area (Å²) in [4.78, 5) is 13.9. The van der Waals surface area contributed by atoms with Crippen LogP contribution in [0.2, 0.25) is 5.02 Å². The van der Waals surface area contributed by atoms with Crippen molar-refractivity contribution in [2.75, 3.05) is 19.6 Å². The minimum atomic E-state index is -0.555. The standard InChI is InChI=1S/C12H14ClFN2O/c1-8-7-15-5-6-16(8)12(17)9-3-2-4-10(14)11(9)13/h2-4,8,15H,5-7H2,1H3/t8-/m0/s1. The van der Waals surface area contributed by atoms with Gasteiger partial charge in [-0.25, -0.2) is 4.39 Å². The molecule has 0 aromatic heterocycles. The molecule has 92 valence electrons. The Hall–Kier alpha value is -1.13. The van der Waals surface area contributed by atoms with E-state index in [-0.39, 0.29) is 22.5 Å². The summed E-state index contributed by atoms with van der Waals surface area (Å²) in [5, 5.41) is 3.10. The van der Waals surface area contributed by atoms with Crippen LogP contribution in [0.5, 0.6) is 0 Å². The Kier molecular flexibility index (Phi) is 3.64. The zero-order valence-electron chi connectivity index (χ0n) is 9.54. The molecule has 1 amide bonds. The SMILES string of the molecule is C[C@H]1CNCCN1C(=O)c1cccc(F)c1Cl. The number of nitrogens with one attached hydrogen (secondary N) is 1. The number of carbonyl (C=O) groups is 1. The smallest absolute Gasteiger partial charge is 0.255 e. The molecule has 0 aliphatic carbocycles. The van der Waals surface area contributed by atoms with Crippen molar-refractivity contribution >= 4 is 17.5 Å². The number of amides is 1. The molecule has 1 atom stereocenters. The summed E-state index contributed by atoms with van der Waals surface area (Å²) in [6, 6.07) is 4.40. The largest absolute Gasteiger partial charge is 0.333 e. The quantitative estimate of drug-likeness (QED) is 0.833. The lowest BCUT2D eigenvalue weighted by molar-refractivity contribution is 0.0655. The topological polar surface area (TPSA) is 32.3 Å². The fourth-order valence-electron chi connectivity index (χ4n) is 1.97. The van der Waals surface area contributed by atoms with Crippen LogP contribution in [-0.2, 0) is 0 Å². The summed E-state index contributed by atoms with van der Waals surface area (Å²) in [7, 11) is 0. The van der Waals surface area contributed by atoms with Gasteiger partial charge in [0.05, 0.1) is 10.6 Å². The first-order valence-corrected chi connectivity index (χ1v) is 5.94. The lowest BCUT2D eigenvalue weighted by Crippen LogP contribution is -2.52. The van der Waals surface area contributed by atoms with Crippen LogP contribution < -0.4 is 5.32 Å². The second-order valence-corrected chi connectivity index (χ2v) is 4.53. The van der Waals surface area contributed by atoms with Gasteiger partial charge in [0.1, 0.15) is 5.82 Å². The van der Waals surface area contributed by atoms with Crippen molar-refractivity contribution in [1.29, 1.82) is 0 Å². The van der Waals surface area contributed by atoms with Crippen LogP contribution >= 0.6 is 11.6 Å². The molecule has 1 heterocycles. The normalized spacial score (nSPS) is 20.4. The van der Waals surface area contributed by atoms with Crippen molar-refractivity contribution in [3.05, 3.63) is 34.6 Å². The molecular formula is C12H14ClFN2O. The molecule has 0 spiro atoms. The summed E-state index contributed by atoms with van der Waals surface area (Å²) in [5.41, 5.74) is 0.236. The van der Waals surface area contributed by atoms with E-state index in [1.807, 2.05) is 6.92 Å². The molecule has 1 saturated heterocycles. The molecule has 0 radical (unpaired) electrons. The van der Waals surface area contributed by atoms with Crippen molar-refractivity contribution in [3.63, 3.8) is 0 Å². The molecule has 1 fully saturated rings. The Morgan fingerprint density at radius 3 is 3.06 bits per heavy atom. The van der Waals surface area contributed by atoms with Crippen molar-refractivity contribution in [2.24, 2.45) is 0 Å². The average molecular weight is 257 g/mol. The van der Waals surface area contributed by atoms with E-state index in [1.165, 1.54) is 12.1 Å². The van der Waals surface area contributed by atoms with E-state index in [9.17, 15) is 9.18 Å². The van der Waals surface area contributed by atoms with Gasteiger partial charge in [0.15, 0.2) is 0 Å². The van der Waals surface area contributed by atoms with Crippen LogP contribution in [-0.4, -0.2) is 36.5 Å². The maximum atomic E-state index is 13.3. The summed E-state index contributed by atoms with van der Waals surface area (Å²) >= 11 is 5.82. The molecule has 1 N–H and O–H groups in total. The van der Waals surface area contributed by atoms with E-state index in [0.29, 0.717) is 6.54 Å². The number of rotatable bonds is 1. The van der Waals surface area contributed by atoms with Gasteiger partial charge in [-0.05, 0) is 19.1 Å². The molecule has 0 saturated carbocycles. The van der Waals surface area contributed by atoms with Crippen molar-refractivity contribution in [2.45, 2.75) is 13.0 Å². The zero-order chi connectivity index (χ0) is 12.4. The highest BCUT2D eigenvalue weighted by Gasteiger charge is 2.26. The molecule has 1 aromatic carbocycles. The third-order valence-corrected chi connectivity index (χ3v) is 3.33. The van der Waals surface area contributed by atoms with Crippen LogP contribution in [0.4, 0.5) is 4.39 Å². The number of halogens is 2. The molecular weight excluding hydrogens is 243 g/mol. The molecule has 1 aliphatic heterocycles. The van der Waals surface area contributed by atoms with Crippen LogP contribution in [0.25, 0.3) is 0 Å². The Morgan fingerprint density at radius 2 is 2.35 bits per heavy atom. The van der Waals surface area contributed by atoms with E-state index in [0.717, 1.165) is 13.1 Å². The fourth-order valence-corrected chi connectivity index (χ4v) is 2.17. The van der Waals surface area contributed by atoms with E-state index in [2.05, 4.69) is 5.32 Å². The van der Waals surface area contributed by atoms with Gasteiger partial charge >= 0.3 is 0 Å². The van der Waals surface area contributed by atoms with E-state index < -0.39 is 5.82 Å². The maximum Gasteiger partial charge on any atom is 0.255 e. The van der Waals surface area contributed by atoms with Gasteiger partial charge < -0.3 is 10.2 Å². The molecule has 5 heteroatoms. The van der Waals surface area contributed by atoms with Gasteiger partial charge in [-0.1, -0.05) is 17.7 Å². The minimum absolute atomic E-state index is 0.0931. The summed E-state index contributed by atoms with van der Waals surface area (Å²) in [6.07, 6.45) is 0. The Morgan fingerprint density at radius 1 is 1.59 bits per heavy atom. The van der Waals surface area contributed by atoms with Gasteiger partial charge in [-0.2, -0.15) is 0 Å². The van der Waals surface area contributed by atoms with Gasteiger partial charge in [0, 0.05) is 25.7 Å². The number of hydrogen-bond acceptors (Lipinski definition) is 2. The second-order valence-electron chi connectivity index (χ2n) is 4.15. The van der Waals surface area contributed by atoms with E-state index in [4.69, 9.17) is 11.6 Å². The van der Waals surface area contributed by atoms with Crippen LogP contribution in [0.15, 0.2) is 18.2 Å². The Balaban J connectivity index is 2.27. The van der Waals surface area contributed by atoms with E-state index in [1.54, 1.807) is 11.0 Å². The average Bonchev–Trinajstić information content (AvgIpc) is 2.32. The van der Waals surface area contributed by atoms with Crippen LogP contribution in [0.3, 0.4) is 0 Å². The number of hydrogen-bond donors (Lipinski definition) is 1. The zero-order valence-corrected chi connectivity index (χ0v) is 10.3. The van der Waals surface area contributed by atoms with Gasteiger partial charge in [-0.3, -0.25) is 4.79 Å². The number of benzene rings is 1. The molecule has 0 bridgehead atoms. The molecule has 17 heavy (non-hydrogen) atoms. The lowest BCUT2D eigenvalue weighted by atomic mass is 10.1. The predicted molar refractivity (Wildman–Crippen MR) is 64.8 cm³/mol. The molecule has 3 nitrogen and oxygen atoms in total. The first-order valence-electron chi connectivity index (χ1n) is 5.57. The summed E-state index contributed by atoms with van der Waals surface area (Å²) in [5.74, 6) is -0.760. The lowest BCUT2D eigenvalue weighted by Gasteiger charge is -2.34. The van der Waals surface area contributed by atoms with Gasteiger partial charge in [0.2, 0.25) is 0 Å². The maximum absolute atomic E-state index is 13.3. The highest BCUT2D eigenvalue weighted by atomic mass is 35.5. The summed E-state index contributed by atoms with van der Waals surface area (Å²) in [6.45, 7) is 4.08. The third kappa shape index (κ3) is 2.42. The van der Waals surface area contributed by atoms with Crippen LogP contribution in [0, 0.1) is 5.82 Å². The van der Waals surface area contributed by atoms with Gasteiger partial charge in [0.25, 0.3) is 5.91 Å². The predicted octanol–water partition coefficient (Wildman–Crippen LogP) is 1.91. The Bertz CT molecular complexity index is 439. The van der Waals surface area contributed by atoms with E-state index >= 15 is 0 Å². The first kappa shape index (κ1) is 12.3. The monoisotopic (exact) mass is 256 g/mol. The second kappa shape index (κ2) is 5.02. The molecule has 1 aromatic rings. The highest BCUT2D eigenvalue weighted by Crippen LogP contribution is 2.22. The molecule has 0 unspecified atom stereocenters. The number of nitrogens with zero attached hydrogens (tertiary/aromatic N) is 1. The fraction of sp³-hybridized carbons (Fsp3) is 0.417. The number of carbonyl (C=O) groups excluding carboxylic acids is 1. The molecule has 1 aliphatic rings. The molecule has 2 rings (SSSR count). The number of piperazine rings is 1. The summed E-state index contributed by atoms with van der Waals surface area (Å²) < 4.78 is 13.3. The van der Waals surface area contributed by atoms with Crippen molar-refractivity contribution in [3.8, 4) is 0 Å². The van der Waals surface area contributed by atoms with Crippen molar-refractivity contribution < 1.29 is 9.18 Å². The first-order chi connectivity index (χ1) is 8.11. The minimum Gasteiger partial charge on any atom is -0.333 e. The highest BCUT2D eigenvalue weighted by molar-refractivity contribution is 6.34.